The van der Waals surface area contributed by atoms with Gasteiger partial charge in [-0.05, 0) is 41.2 Å². The first kappa shape index (κ1) is 22.2. The molecule has 168 valence electrons. The molecule has 1 N–H and O–H groups in total. The summed E-state index contributed by atoms with van der Waals surface area (Å²) in [7, 11) is 0. The zero-order valence-corrected chi connectivity index (χ0v) is 19.4. The first-order valence-electron chi connectivity index (χ1n) is 11.5. The highest BCUT2D eigenvalue weighted by atomic mass is 16.2. The van der Waals surface area contributed by atoms with Gasteiger partial charge in [0.2, 0.25) is 0 Å². The lowest BCUT2D eigenvalue weighted by Gasteiger charge is -2.35. The first-order chi connectivity index (χ1) is 15.3. The Labute approximate surface area is 189 Å². The summed E-state index contributed by atoms with van der Waals surface area (Å²) >= 11 is 0. The number of aromatic nitrogens is 2. The maximum Gasteiger partial charge on any atom is 0.258 e. The molecule has 0 saturated carbocycles. The van der Waals surface area contributed by atoms with Gasteiger partial charge in [0.15, 0.2) is 0 Å². The van der Waals surface area contributed by atoms with Crippen molar-refractivity contribution in [1.82, 2.24) is 19.8 Å². The number of nitrogens with one attached hydrogen (secondary N) is 1. The number of fused-ring (bicyclic) bond motifs is 1. The molecule has 1 aliphatic heterocycles. The fourth-order valence-electron chi connectivity index (χ4n) is 4.31. The van der Waals surface area contributed by atoms with Gasteiger partial charge in [-0.1, -0.05) is 52.0 Å². The number of aromatic amines is 1. The summed E-state index contributed by atoms with van der Waals surface area (Å²) in [6.45, 7) is 12.1. The fourth-order valence-corrected chi connectivity index (χ4v) is 4.31. The van der Waals surface area contributed by atoms with Gasteiger partial charge >= 0.3 is 0 Å². The highest BCUT2D eigenvalue weighted by Gasteiger charge is 2.25. The van der Waals surface area contributed by atoms with Crippen LogP contribution in [0.3, 0.4) is 0 Å². The average Bonchev–Trinajstić information content (AvgIpc) is 2.78. The van der Waals surface area contributed by atoms with Crippen molar-refractivity contribution in [3.63, 3.8) is 0 Å². The van der Waals surface area contributed by atoms with Gasteiger partial charge in [-0.25, -0.2) is 4.98 Å². The van der Waals surface area contributed by atoms with E-state index in [9.17, 15) is 9.59 Å². The van der Waals surface area contributed by atoms with Gasteiger partial charge in [0.05, 0.1) is 17.4 Å². The third kappa shape index (κ3) is 4.60. The topological polar surface area (TPSA) is 69.3 Å². The lowest BCUT2D eigenvalue weighted by Crippen LogP contribution is -2.48. The summed E-state index contributed by atoms with van der Waals surface area (Å²) in [4.78, 5) is 37.3. The molecular weight excluding hydrogens is 400 g/mol. The molecular formula is C26H32N4O2. The van der Waals surface area contributed by atoms with E-state index in [1.54, 1.807) is 6.07 Å². The van der Waals surface area contributed by atoms with Crippen molar-refractivity contribution in [3.05, 3.63) is 75.3 Å². The summed E-state index contributed by atoms with van der Waals surface area (Å²) < 4.78 is 0. The Bertz CT molecular complexity index is 1170. The van der Waals surface area contributed by atoms with E-state index < -0.39 is 0 Å². The Hall–Kier alpha value is -2.99. The third-order valence-corrected chi connectivity index (χ3v) is 6.29. The Morgan fingerprint density at radius 1 is 1.00 bits per heavy atom. The molecule has 1 aliphatic rings. The van der Waals surface area contributed by atoms with Crippen LogP contribution in [-0.2, 0) is 6.54 Å². The largest absolute Gasteiger partial charge is 0.336 e. The number of benzene rings is 2. The average molecular weight is 433 g/mol. The van der Waals surface area contributed by atoms with Crippen LogP contribution >= 0.6 is 0 Å². The number of H-pyrrole nitrogens is 1. The van der Waals surface area contributed by atoms with Crippen LogP contribution in [0.15, 0.2) is 47.3 Å². The molecule has 32 heavy (non-hydrogen) atoms. The van der Waals surface area contributed by atoms with Crippen molar-refractivity contribution in [3.8, 4) is 0 Å². The molecule has 3 aromatic rings. The fraction of sp³-hybridized carbons (Fsp3) is 0.423. The van der Waals surface area contributed by atoms with Crippen LogP contribution in [0.4, 0.5) is 0 Å². The van der Waals surface area contributed by atoms with E-state index >= 15 is 0 Å². The molecule has 2 aromatic carbocycles. The van der Waals surface area contributed by atoms with Gasteiger partial charge in [0.1, 0.15) is 5.82 Å². The molecule has 0 radical (unpaired) electrons. The first-order valence-corrected chi connectivity index (χ1v) is 11.5. The zero-order valence-electron chi connectivity index (χ0n) is 19.4. The molecule has 6 heteroatoms. The van der Waals surface area contributed by atoms with Crippen LogP contribution in [0, 0.1) is 0 Å². The van der Waals surface area contributed by atoms with Gasteiger partial charge in [-0.15, -0.1) is 0 Å². The Morgan fingerprint density at radius 3 is 2.41 bits per heavy atom. The van der Waals surface area contributed by atoms with E-state index in [1.165, 1.54) is 5.56 Å². The van der Waals surface area contributed by atoms with Crippen LogP contribution in [-0.4, -0.2) is 51.9 Å². The van der Waals surface area contributed by atoms with Crippen LogP contribution in [0.1, 0.15) is 66.8 Å². The molecule has 0 bridgehead atoms. The maximum atomic E-state index is 13.3. The quantitative estimate of drug-likeness (QED) is 0.658. The molecule has 4 rings (SSSR count). The monoisotopic (exact) mass is 432 g/mol. The van der Waals surface area contributed by atoms with Crippen molar-refractivity contribution in [2.45, 2.75) is 46.1 Å². The van der Waals surface area contributed by atoms with Gasteiger partial charge in [-0.2, -0.15) is 0 Å². The minimum atomic E-state index is -0.106. The predicted molar refractivity (Wildman–Crippen MR) is 128 cm³/mol. The molecule has 1 saturated heterocycles. The molecule has 1 fully saturated rings. The van der Waals surface area contributed by atoms with Crippen LogP contribution < -0.4 is 5.56 Å². The highest BCUT2D eigenvalue weighted by molar-refractivity contribution is 5.96. The van der Waals surface area contributed by atoms with E-state index in [4.69, 9.17) is 0 Å². The lowest BCUT2D eigenvalue weighted by atomic mass is 9.91. The summed E-state index contributed by atoms with van der Waals surface area (Å²) in [6, 6.07) is 13.7. The summed E-state index contributed by atoms with van der Waals surface area (Å²) in [5.74, 6) is 1.51. The number of rotatable bonds is 5. The Morgan fingerprint density at radius 2 is 1.72 bits per heavy atom. The lowest BCUT2D eigenvalue weighted by molar-refractivity contribution is 0.0624. The Kier molecular flexibility index (Phi) is 6.42. The number of para-hydroxylation sites is 1. The number of piperazine rings is 1. The highest BCUT2D eigenvalue weighted by Crippen LogP contribution is 2.26. The molecule has 0 unspecified atom stereocenters. The van der Waals surface area contributed by atoms with Crippen LogP contribution in [0.2, 0.25) is 0 Å². The van der Waals surface area contributed by atoms with E-state index in [0.717, 1.165) is 24.2 Å². The molecule has 6 nitrogen and oxygen atoms in total. The van der Waals surface area contributed by atoms with Gasteiger partial charge < -0.3 is 9.88 Å². The molecule has 2 heterocycles. The van der Waals surface area contributed by atoms with Gasteiger partial charge in [0.25, 0.3) is 11.5 Å². The van der Waals surface area contributed by atoms with Crippen molar-refractivity contribution in [1.29, 1.82) is 0 Å². The molecule has 0 aliphatic carbocycles. The normalized spacial score (nSPS) is 15.1. The predicted octanol–water partition coefficient (Wildman–Crippen LogP) is 4.13. The molecule has 0 spiro atoms. The summed E-state index contributed by atoms with van der Waals surface area (Å²) in [5, 5.41) is 0.608. The number of hydrogen-bond acceptors (Lipinski definition) is 4. The van der Waals surface area contributed by atoms with Crippen molar-refractivity contribution >= 4 is 16.8 Å². The van der Waals surface area contributed by atoms with Crippen LogP contribution in [0.5, 0.6) is 0 Å². The van der Waals surface area contributed by atoms with E-state index in [1.807, 2.05) is 29.2 Å². The van der Waals surface area contributed by atoms with E-state index in [0.29, 0.717) is 48.2 Å². The second-order valence-corrected chi connectivity index (χ2v) is 9.25. The van der Waals surface area contributed by atoms with Gasteiger partial charge in [0, 0.05) is 31.7 Å². The number of carbonyl (C=O) groups excluding carboxylic acids is 1. The number of nitrogens with zero attached hydrogens (tertiary/aromatic N) is 3. The number of hydrogen-bond donors (Lipinski definition) is 1. The smallest absolute Gasteiger partial charge is 0.258 e. The standard InChI is InChI=1S/C26H32N4O2/c1-17(2)19-9-10-20(22(15-19)18(3)4)26(32)30-13-11-29(12-14-30)16-24-27-23-8-6-5-7-21(23)25(31)28-24/h5-10,15,17-18H,11-14,16H2,1-4H3,(H,27,28,31). The van der Waals surface area contributed by atoms with Crippen LogP contribution in [0.25, 0.3) is 10.9 Å². The Balaban J connectivity index is 1.44. The van der Waals surface area contributed by atoms with E-state index in [2.05, 4.69) is 54.7 Å². The SMILES string of the molecule is CC(C)c1ccc(C(=O)N2CCN(Cc3nc4ccccc4c(=O)[nH]3)CC2)c(C(C)C)c1. The van der Waals surface area contributed by atoms with Gasteiger partial charge in [-0.3, -0.25) is 14.5 Å². The number of carbonyl (C=O) groups is 1. The molecule has 1 aromatic heterocycles. The number of amides is 1. The minimum Gasteiger partial charge on any atom is -0.336 e. The third-order valence-electron chi connectivity index (χ3n) is 6.29. The van der Waals surface area contributed by atoms with Crippen molar-refractivity contribution < 1.29 is 4.79 Å². The second kappa shape index (κ2) is 9.25. The summed E-state index contributed by atoms with van der Waals surface area (Å²) in [6.07, 6.45) is 0. The molecule has 1 amide bonds. The minimum absolute atomic E-state index is 0.106. The molecule has 0 atom stereocenters. The van der Waals surface area contributed by atoms with Crippen molar-refractivity contribution in [2.24, 2.45) is 0 Å². The van der Waals surface area contributed by atoms with Crippen molar-refractivity contribution in [2.75, 3.05) is 26.2 Å². The van der Waals surface area contributed by atoms with E-state index in [-0.39, 0.29) is 11.5 Å². The second-order valence-electron chi connectivity index (χ2n) is 9.25. The summed E-state index contributed by atoms with van der Waals surface area (Å²) in [5.41, 5.74) is 3.82. The zero-order chi connectivity index (χ0) is 22.8. The maximum absolute atomic E-state index is 13.3.